The van der Waals surface area contributed by atoms with Gasteiger partial charge in [0.25, 0.3) is 0 Å². The molecule has 3 aromatic carbocycles. The molecule has 4 aromatic rings. The number of carboxylic acid groups (broad SMARTS) is 1. The number of para-hydroxylation sites is 1. The molecule has 0 spiro atoms. The van der Waals surface area contributed by atoms with Crippen LogP contribution in [0, 0.1) is 13.8 Å². The Morgan fingerprint density at radius 1 is 1.00 bits per heavy atom. The number of hydrogen-bond donors (Lipinski definition) is 1. The molecule has 172 valence electrons. The number of rotatable bonds is 7. The normalized spacial score (nSPS) is 11.2. The summed E-state index contributed by atoms with van der Waals surface area (Å²) in [5.74, 6) is -0.223. The number of carboxylic acids is 1. The molecule has 0 bridgehead atoms. The highest BCUT2D eigenvalue weighted by atomic mass is 35.5. The number of benzene rings is 3. The monoisotopic (exact) mass is 492 g/mol. The minimum Gasteiger partial charge on any atom is -0.487 e. The highest BCUT2D eigenvalue weighted by Gasteiger charge is 2.14. The Hall–Kier alpha value is -3.54. The Bertz CT molecular complexity index is 1370. The second kappa shape index (κ2) is 10.2. The van der Waals surface area contributed by atoms with Crippen molar-refractivity contribution in [2.75, 3.05) is 0 Å². The van der Waals surface area contributed by atoms with Gasteiger partial charge < -0.3 is 9.84 Å². The number of ether oxygens (including phenoxy) is 1. The van der Waals surface area contributed by atoms with Crippen LogP contribution >= 0.6 is 23.2 Å². The van der Waals surface area contributed by atoms with Crippen LogP contribution in [0.2, 0.25) is 10.0 Å². The van der Waals surface area contributed by atoms with Crippen molar-refractivity contribution in [1.82, 2.24) is 9.78 Å². The lowest BCUT2D eigenvalue weighted by Crippen LogP contribution is -2.07. The number of halogens is 2. The zero-order valence-corrected chi connectivity index (χ0v) is 20.1. The summed E-state index contributed by atoms with van der Waals surface area (Å²) in [5.41, 5.74) is 5.40. The van der Waals surface area contributed by atoms with Crippen LogP contribution in [0.15, 0.2) is 66.7 Å². The summed E-state index contributed by atoms with van der Waals surface area (Å²) in [5, 5.41) is 14.7. The van der Waals surface area contributed by atoms with Crippen LogP contribution in [-0.2, 0) is 6.61 Å². The van der Waals surface area contributed by atoms with Crippen molar-refractivity contribution < 1.29 is 14.6 Å². The van der Waals surface area contributed by atoms with Crippen molar-refractivity contribution in [3.05, 3.63) is 110 Å². The van der Waals surface area contributed by atoms with E-state index in [1.807, 2.05) is 56.3 Å². The van der Waals surface area contributed by atoms with E-state index in [2.05, 4.69) is 5.10 Å². The van der Waals surface area contributed by atoms with Crippen molar-refractivity contribution in [3.8, 4) is 11.4 Å². The third kappa shape index (κ3) is 5.33. The zero-order valence-electron chi connectivity index (χ0n) is 18.6. The van der Waals surface area contributed by atoms with Gasteiger partial charge in [0.2, 0.25) is 0 Å². The number of aryl methyl sites for hydroxylation is 2. The minimum atomic E-state index is -0.943. The molecule has 0 amide bonds. The standard InChI is InChI=1S/C27H22Cl2N2O3/c1-17-13-23(12-11-20(17)10-9-19-5-3-6-21(15-19)27(32)33)34-16-22-14-18(2)30-31(22)26-24(28)7-4-8-25(26)29/h3-15H,16H2,1-2H3,(H,32,33)/b10-9+. The van der Waals surface area contributed by atoms with Gasteiger partial charge in [-0.1, -0.05) is 59.6 Å². The molecular formula is C27H22Cl2N2O3. The molecule has 5 nitrogen and oxygen atoms in total. The van der Waals surface area contributed by atoms with E-state index in [4.69, 9.17) is 33.0 Å². The Kier molecular flexibility index (Phi) is 7.06. The summed E-state index contributed by atoms with van der Waals surface area (Å²) >= 11 is 12.8. The van der Waals surface area contributed by atoms with Gasteiger partial charge in [0.05, 0.1) is 27.0 Å². The molecule has 0 aliphatic heterocycles. The fraction of sp³-hybridized carbons (Fsp3) is 0.111. The summed E-state index contributed by atoms with van der Waals surface area (Å²) < 4.78 is 7.77. The van der Waals surface area contributed by atoms with Crippen LogP contribution in [0.25, 0.3) is 17.8 Å². The van der Waals surface area contributed by atoms with E-state index in [0.717, 1.165) is 33.8 Å². The van der Waals surface area contributed by atoms with Crippen LogP contribution in [-0.4, -0.2) is 20.9 Å². The van der Waals surface area contributed by atoms with Crippen LogP contribution in [0.3, 0.4) is 0 Å². The van der Waals surface area contributed by atoms with Crippen LogP contribution in [0.5, 0.6) is 5.75 Å². The Morgan fingerprint density at radius 2 is 1.74 bits per heavy atom. The summed E-state index contributed by atoms with van der Waals surface area (Å²) in [6, 6.07) is 19.9. The molecule has 4 rings (SSSR count). The lowest BCUT2D eigenvalue weighted by atomic mass is 10.1. The summed E-state index contributed by atoms with van der Waals surface area (Å²) in [4.78, 5) is 11.2. The highest BCUT2D eigenvalue weighted by molar-refractivity contribution is 6.37. The molecular weight excluding hydrogens is 471 g/mol. The molecule has 0 saturated carbocycles. The maximum atomic E-state index is 11.2. The zero-order chi connectivity index (χ0) is 24.2. The van der Waals surface area contributed by atoms with E-state index in [1.165, 1.54) is 0 Å². The first kappa shape index (κ1) is 23.6. The topological polar surface area (TPSA) is 64.3 Å². The molecule has 7 heteroatoms. The van der Waals surface area contributed by atoms with E-state index in [-0.39, 0.29) is 5.56 Å². The van der Waals surface area contributed by atoms with Crippen molar-refractivity contribution in [2.24, 2.45) is 0 Å². The number of aromatic carboxylic acids is 1. The van der Waals surface area contributed by atoms with Gasteiger partial charge in [0, 0.05) is 0 Å². The predicted molar refractivity (Wildman–Crippen MR) is 136 cm³/mol. The first-order chi connectivity index (χ1) is 16.3. The molecule has 0 aliphatic rings. The van der Waals surface area contributed by atoms with Crippen molar-refractivity contribution in [2.45, 2.75) is 20.5 Å². The number of hydrogen-bond acceptors (Lipinski definition) is 3. The van der Waals surface area contributed by atoms with Crippen molar-refractivity contribution in [3.63, 3.8) is 0 Å². The molecule has 1 N–H and O–H groups in total. The summed E-state index contributed by atoms with van der Waals surface area (Å²) in [6.45, 7) is 4.19. The molecule has 0 unspecified atom stereocenters. The maximum absolute atomic E-state index is 11.2. The fourth-order valence-electron chi connectivity index (χ4n) is 3.58. The lowest BCUT2D eigenvalue weighted by Gasteiger charge is -2.12. The van der Waals surface area contributed by atoms with Gasteiger partial charge >= 0.3 is 5.97 Å². The quantitative estimate of drug-likeness (QED) is 0.276. The predicted octanol–water partition coefficient (Wildman–Crippen LogP) is 7.24. The molecule has 0 aliphatic carbocycles. The van der Waals surface area contributed by atoms with E-state index >= 15 is 0 Å². The second-order valence-electron chi connectivity index (χ2n) is 7.83. The van der Waals surface area contributed by atoms with Gasteiger partial charge in [0.15, 0.2) is 0 Å². The number of aromatic nitrogens is 2. The Balaban J connectivity index is 1.50. The summed E-state index contributed by atoms with van der Waals surface area (Å²) in [7, 11) is 0. The van der Waals surface area contributed by atoms with Crippen molar-refractivity contribution in [1.29, 1.82) is 0 Å². The smallest absolute Gasteiger partial charge is 0.335 e. The SMILES string of the molecule is Cc1cc(COc2ccc(/C=C/c3cccc(C(=O)O)c3)c(C)c2)n(-c2c(Cl)cccc2Cl)n1. The van der Waals surface area contributed by atoms with Crippen molar-refractivity contribution >= 4 is 41.3 Å². The van der Waals surface area contributed by atoms with Gasteiger partial charge in [-0.15, -0.1) is 0 Å². The maximum Gasteiger partial charge on any atom is 0.335 e. The van der Waals surface area contributed by atoms with E-state index in [0.29, 0.717) is 22.3 Å². The van der Waals surface area contributed by atoms with E-state index < -0.39 is 5.97 Å². The first-order valence-corrected chi connectivity index (χ1v) is 11.3. The van der Waals surface area contributed by atoms with Gasteiger partial charge in [-0.05, 0) is 73.0 Å². The van der Waals surface area contributed by atoms with Gasteiger partial charge in [-0.2, -0.15) is 5.10 Å². The average molecular weight is 493 g/mol. The minimum absolute atomic E-state index is 0.259. The molecule has 1 aromatic heterocycles. The highest BCUT2D eigenvalue weighted by Crippen LogP contribution is 2.30. The Morgan fingerprint density at radius 3 is 2.44 bits per heavy atom. The molecule has 34 heavy (non-hydrogen) atoms. The molecule has 1 heterocycles. The number of nitrogens with zero attached hydrogens (tertiary/aromatic N) is 2. The molecule has 0 saturated heterocycles. The molecule has 0 atom stereocenters. The average Bonchev–Trinajstić information content (AvgIpc) is 3.17. The van der Waals surface area contributed by atoms with Crippen LogP contribution in [0.1, 0.15) is 38.4 Å². The molecule has 0 fully saturated rings. The van der Waals surface area contributed by atoms with E-state index in [1.54, 1.807) is 41.1 Å². The summed E-state index contributed by atoms with van der Waals surface area (Å²) in [6.07, 6.45) is 3.85. The largest absolute Gasteiger partial charge is 0.487 e. The third-order valence-electron chi connectivity index (χ3n) is 5.27. The van der Waals surface area contributed by atoms with Gasteiger partial charge in [0.1, 0.15) is 18.0 Å². The third-order valence-corrected chi connectivity index (χ3v) is 5.88. The van der Waals surface area contributed by atoms with Gasteiger partial charge in [-0.25, -0.2) is 9.48 Å². The van der Waals surface area contributed by atoms with E-state index in [9.17, 15) is 4.79 Å². The second-order valence-corrected chi connectivity index (χ2v) is 8.64. The lowest BCUT2D eigenvalue weighted by molar-refractivity contribution is 0.0697. The Labute approximate surface area is 207 Å². The van der Waals surface area contributed by atoms with Gasteiger partial charge in [-0.3, -0.25) is 0 Å². The first-order valence-electron chi connectivity index (χ1n) is 10.6. The van der Waals surface area contributed by atoms with Crippen LogP contribution in [0.4, 0.5) is 0 Å². The van der Waals surface area contributed by atoms with Crippen LogP contribution < -0.4 is 4.74 Å². The number of carbonyl (C=O) groups is 1. The fourth-order valence-corrected chi connectivity index (χ4v) is 4.14. The molecule has 0 radical (unpaired) electrons.